The lowest BCUT2D eigenvalue weighted by atomic mass is 10.3. The molecule has 0 saturated heterocycles. The molecule has 0 aromatic rings. The summed E-state index contributed by atoms with van der Waals surface area (Å²) in [5.41, 5.74) is 1.16. The monoisotopic (exact) mass is 100 g/mol. The van der Waals surface area contributed by atoms with Crippen LogP contribution in [0.15, 0.2) is 11.6 Å². The van der Waals surface area contributed by atoms with Crippen molar-refractivity contribution in [2.75, 3.05) is 0 Å². The fourth-order valence-electron chi connectivity index (χ4n) is 0.0680. The first-order valence-electron chi connectivity index (χ1n) is 1.89. The Kier molecular flexibility index (Phi) is 2.95. The molecule has 0 aliphatic rings. The van der Waals surface area contributed by atoms with Gasteiger partial charge in [0, 0.05) is 5.37 Å². The van der Waals surface area contributed by atoms with Crippen molar-refractivity contribution in [1.82, 2.24) is 0 Å². The summed E-state index contributed by atoms with van der Waals surface area (Å²) in [4.78, 5) is 0. The smallest absolute Gasteiger partial charge is 0.00395 e. The molecule has 0 amide bonds. The lowest BCUT2D eigenvalue weighted by Gasteiger charge is -1.76. The van der Waals surface area contributed by atoms with E-state index >= 15 is 0 Å². The first kappa shape index (κ1) is 5.83. The third-order valence-electron chi connectivity index (χ3n) is 0.641. The second-order valence-electron chi connectivity index (χ2n) is 1.15. The summed E-state index contributed by atoms with van der Waals surface area (Å²) >= 11 is 4.58. The van der Waals surface area contributed by atoms with Crippen LogP contribution in [0.4, 0.5) is 0 Å². The molecule has 0 bridgehead atoms. The molecule has 0 aromatic heterocycles. The lowest BCUT2D eigenvalue weighted by molar-refractivity contribution is 1.57. The second-order valence-corrected chi connectivity index (χ2v) is 1.39. The molecule has 0 fully saturated rings. The SMILES string of the molecule is C/C=C(/C)C=S. The first-order valence-corrected chi connectivity index (χ1v) is 2.36. The van der Waals surface area contributed by atoms with Gasteiger partial charge in [-0.2, -0.15) is 0 Å². The topological polar surface area (TPSA) is 0 Å². The summed E-state index contributed by atoms with van der Waals surface area (Å²) in [6.07, 6.45) is 1.98. The zero-order valence-corrected chi connectivity index (χ0v) is 4.88. The van der Waals surface area contributed by atoms with E-state index < -0.39 is 0 Å². The van der Waals surface area contributed by atoms with Crippen molar-refractivity contribution >= 4 is 17.6 Å². The van der Waals surface area contributed by atoms with E-state index in [1.165, 1.54) is 0 Å². The molecule has 0 aliphatic heterocycles. The molecule has 0 aromatic carbocycles. The molecule has 0 atom stereocenters. The van der Waals surface area contributed by atoms with Gasteiger partial charge in [0.05, 0.1) is 0 Å². The van der Waals surface area contributed by atoms with Gasteiger partial charge in [-0.3, -0.25) is 0 Å². The van der Waals surface area contributed by atoms with Gasteiger partial charge in [-0.1, -0.05) is 18.3 Å². The van der Waals surface area contributed by atoms with Crippen LogP contribution in [-0.2, 0) is 0 Å². The zero-order valence-electron chi connectivity index (χ0n) is 4.06. The molecule has 1 heteroatoms. The Morgan fingerprint density at radius 1 is 1.67 bits per heavy atom. The Morgan fingerprint density at radius 3 is 2.17 bits per heavy atom. The van der Waals surface area contributed by atoms with Gasteiger partial charge in [0.15, 0.2) is 0 Å². The Hall–Kier alpha value is -0.170. The summed E-state index contributed by atoms with van der Waals surface area (Å²) < 4.78 is 0. The van der Waals surface area contributed by atoms with Crippen LogP contribution in [0.5, 0.6) is 0 Å². The molecule has 0 saturated carbocycles. The summed E-state index contributed by atoms with van der Waals surface area (Å²) in [5.74, 6) is 0. The van der Waals surface area contributed by atoms with Crippen molar-refractivity contribution in [3.05, 3.63) is 11.6 Å². The molecule has 0 heterocycles. The van der Waals surface area contributed by atoms with Crippen LogP contribution in [0.25, 0.3) is 0 Å². The number of rotatable bonds is 1. The van der Waals surface area contributed by atoms with Gasteiger partial charge in [0.2, 0.25) is 0 Å². The Bertz CT molecular complexity index is 72.0. The fraction of sp³-hybridized carbons (Fsp3) is 0.400. The van der Waals surface area contributed by atoms with Crippen LogP contribution in [-0.4, -0.2) is 5.37 Å². The second kappa shape index (κ2) is 3.04. The first-order chi connectivity index (χ1) is 2.81. The molecule has 0 N–H and O–H groups in total. The van der Waals surface area contributed by atoms with Crippen molar-refractivity contribution in [2.24, 2.45) is 0 Å². The highest BCUT2D eigenvalue weighted by Gasteiger charge is 1.68. The molecule has 0 rings (SSSR count). The van der Waals surface area contributed by atoms with Gasteiger partial charge >= 0.3 is 0 Å². The summed E-state index contributed by atoms with van der Waals surface area (Å²) in [6.45, 7) is 3.95. The van der Waals surface area contributed by atoms with E-state index in [0.29, 0.717) is 0 Å². The quantitative estimate of drug-likeness (QED) is 0.358. The number of allylic oxidation sites excluding steroid dienone is 2. The van der Waals surface area contributed by atoms with E-state index in [-0.39, 0.29) is 0 Å². The maximum absolute atomic E-state index is 4.58. The predicted octanol–water partition coefficient (Wildman–Crippen LogP) is 1.95. The van der Waals surface area contributed by atoms with Crippen molar-refractivity contribution in [3.63, 3.8) is 0 Å². The van der Waals surface area contributed by atoms with Crippen LogP contribution in [0.1, 0.15) is 13.8 Å². The van der Waals surface area contributed by atoms with E-state index in [2.05, 4.69) is 12.2 Å². The molecule has 6 heavy (non-hydrogen) atoms. The van der Waals surface area contributed by atoms with Gasteiger partial charge in [-0.15, -0.1) is 0 Å². The maximum atomic E-state index is 4.58. The molecule has 0 unspecified atom stereocenters. The minimum Gasteiger partial charge on any atom is -0.0885 e. The highest BCUT2D eigenvalue weighted by Crippen LogP contribution is 1.82. The minimum atomic E-state index is 1.16. The molecule has 0 nitrogen and oxygen atoms in total. The molecule has 0 spiro atoms. The van der Waals surface area contributed by atoms with E-state index in [1.807, 2.05) is 19.9 Å². The predicted molar refractivity (Wildman–Crippen MR) is 33.1 cm³/mol. The molecule has 0 aliphatic carbocycles. The van der Waals surface area contributed by atoms with E-state index in [4.69, 9.17) is 0 Å². The van der Waals surface area contributed by atoms with E-state index in [1.54, 1.807) is 5.37 Å². The molecule has 34 valence electrons. The third kappa shape index (κ3) is 2.09. The van der Waals surface area contributed by atoms with Crippen molar-refractivity contribution in [1.29, 1.82) is 0 Å². The van der Waals surface area contributed by atoms with E-state index in [0.717, 1.165) is 5.57 Å². The largest absolute Gasteiger partial charge is 0.0885 e. The standard InChI is InChI=1S/C5H8S/c1-3-5(2)4-6/h3-4H,1-2H3/b5-3-. The normalized spacial score (nSPS) is 11.3. The summed E-state index contributed by atoms with van der Waals surface area (Å²) in [7, 11) is 0. The van der Waals surface area contributed by atoms with Crippen molar-refractivity contribution in [3.8, 4) is 0 Å². The number of thiocarbonyl (C=S) groups is 1. The van der Waals surface area contributed by atoms with Crippen LogP contribution >= 0.6 is 12.2 Å². The third-order valence-corrected chi connectivity index (χ3v) is 1.01. The van der Waals surface area contributed by atoms with Gasteiger partial charge in [-0.05, 0) is 19.4 Å². The van der Waals surface area contributed by atoms with Crippen molar-refractivity contribution in [2.45, 2.75) is 13.8 Å². The average Bonchev–Trinajstić information content (AvgIpc) is 1.65. The van der Waals surface area contributed by atoms with Gasteiger partial charge < -0.3 is 0 Å². The zero-order chi connectivity index (χ0) is 4.99. The van der Waals surface area contributed by atoms with Gasteiger partial charge in [0.25, 0.3) is 0 Å². The lowest BCUT2D eigenvalue weighted by Crippen LogP contribution is -1.66. The Morgan fingerprint density at radius 2 is 2.17 bits per heavy atom. The maximum Gasteiger partial charge on any atom is 0.00395 e. The van der Waals surface area contributed by atoms with Crippen molar-refractivity contribution < 1.29 is 0 Å². The average molecular weight is 100 g/mol. The highest BCUT2D eigenvalue weighted by molar-refractivity contribution is 7.79. The van der Waals surface area contributed by atoms with Crippen LogP contribution in [0.3, 0.4) is 0 Å². The van der Waals surface area contributed by atoms with Crippen LogP contribution in [0, 0.1) is 0 Å². The minimum absolute atomic E-state index is 1.16. The van der Waals surface area contributed by atoms with Gasteiger partial charge in [0.1, 0.15) is 0 Å². The van der Waals surface area contributed by atoms with Crippen LogP contribution in [0.2, 0.25) is 0 Å². The molecular weight excluding hydrogens is 92.1 g/mol. The summed E-state index contributed by atoms with van der Waals surface area (Å²) in [6, 6.07) is 0. The Labute approximate surface area is 43.9 Å². The molecular formula is C5H8S. The summed E-state index contributed by atoms with van der Waals surface area (Å²) in [5, 5.41) is 1.67. The molecule has 0 radical (unpaired) electrons. The van der Waals surface area contributed by atoms with E-state index in [9.17, 15) is 0 Å². The van der Waals surface area contributed by atoms with Gasteiger partial charge in [-0.25, -0.2) is 0 Å². The fourth-order valence-corrected chi connectivity index (χ4v) is 0.204. The number of hydrogen-bond donors (Lipinski definition) is 0. The number of hydrogen-bond acceptors (Lipinski definition) is 1. The van der Waals surface area contributed by atoms with Crippen LogP contribution < -0.4 is 0 Å². The Balaban J connectivity index is 3.50. The highest BCUT2D eigenvalue weighted by atomic mass is 32.1.